The molecular formula is C96H90Cl6F3N9O12. The number of nitrogens with one attached hydrogen (secondary N) is 6. The number of rotatable bonds is 18. The van der Waals surface area contributed by atoms with Gasteiger partial charge in [-0.25, -0.2) is 27.6 Å². The monoisotopic (exact) mass is 1830 g/mol. The van der Waals surface area contributed by atoms with Gasteiger partial charge in [0.2, 0.25) is 17.7 Å². The lowest BCUT2D eigenvalue weighted by molar-refractivity contribution is -0.128. The fourth-order valence-corrected chi connectivity index (χ4v) is 23.6. The van der Waals surface area contributed by atoms with Crippen LogP contribution >= 0.6 is 69.6 Å². The van der Waals surface area contributed by atoms with E-state index in [2.05, 4.69) is 46.6 Å². The molecule has 3 saturated carbocycles. The van der Waals surface area contributed by atoms with Crippen LogP contribution in [0.1, 0.15) is 175 Å². The Kier molecular flexibility index (Phi) is 22.9. The number of nitrogens with zero attached hydrogens (tertiary/aromatic N) is 3. The molecule has 0 radical (unpaired) electrons. The second-order valence-corrected chi connectivity index (χ2v) is 37.4. The number of benzene rings is 9. The molecule has 654 valence electrons. The van der Waals surface area contributed by atoms with Crippen LogP contribution < -0.4 is 46.1 Å². The summed E-state index contributed by atoms with van der Waals surface area (Å²) in [6.07, 6.45) is 8.60. The van der Waals surface area contributed by atoms with Crippen molar-refractivity contribution in [2.45, 2.75) is 147 Å². The molecule has 9 aromatic rings. The van der Waals surface area contributed by atoms with Gasteiger partial charge >= 0.3 is 17.9 Å². The van der Waals surface area contributed by atoms with Crippen LogP contribution in [-0.4, -0.2) is 149 Å². The summed E-state index contributed by atoms with van der Waals surface area (Å²) in [5.41, 5.74) is 5.97. The van der Waals surface area contributed by atoms with Gasteiger partial charge in [-0.3, -0.25) is 29.1 Å². The third kappa shape index (κ3) is 14.1. The maximum Gasteiger partial charge on any atom is 0.341 e. The summed E-state index contributed by atoms with van der Waals surface area (Å²) in [6.45, 7) is 2.15. The number of hydrogen-bond donors (Lipinski definition) is 6. The number of ether oxygens (including phenoxy) is 6. The van der Waals surface area contributed by atoms with Crippen LogP contribution in [0.25, 0.3) is 0 Å². The lowest BCUT2D eigenvalue weighted by atomic mass is 9.73. The van der Waals surface area contributed by atoms with E-state index in [0.29, 0.717) is 139 Å². The predicted octanol–water partition coefficient (Wildman–Crippen LogP) is 18.2. The normalized spacial score (nSPS) is 28.1. The first-order valence-corrected chi connectivity index (χ1v) is 44.6. The Bertz CT molecular complexity index is 5410. The molecule has 126 heavy (non-hydrogen) atoms. The Morgan fingerprint density at radius 3 is 0.889 bits per heavy atom. The number of methoxy groups -OCH3 is 6. The third-order valence-corrected chi connectivity index (χ3v) is 29.9. The molecule has 3 amide bonds. The number of anilines is 3. The van der Waals surface area contributed by atoms with E-state index >= 15 is 13.2 Å². The van der Waals surface area contributed by atoms with Crippen molar-refractivity contribution in [2.75, 3.05) is 78.2 Å². The molecule has 9 fully saturated rings. The van der Waals surface area contributed by atoms with E-state index in [1.165, 1.54) is 60.9 Å². The van der Waals surface area contributed by atoms with Gasteiger partial charge in [0.1, 0.15) is 68.0 Å². The molecule has 9 heterocycles. The van der Waals surface area contributed by atoms with Crippen LogP contribution in [-0.2, 0) is 45.2 Å². The van der Waals surface area contributed by atoms with Gasteiger partial charge in [0.15, 0.2) is 0 Å². The first-order valence-electron chi connectivity index (χ1n) is 42.4. The lowest BCUT2D eigenvalue weighted by Crippen LogP contribution is -2.53. The lowest BCUT2D eigenvalue weighted by Gasteiger charge is -2.41. The summed E-state index contributed by atoms with van der Waals surface area (Å²) in [5.74, 6) is -2.59. The minimum Gasteiger partial charge on any atom is -0.496 e. The predicted molar refractivity (Wildman–Crippen MR) is 473 cm³/mol. The minimum atomic E-state index is -1.15. The molecule has 3 aliphatic carbocycles. The molecule has 9 aliphatic heterocycles. The highest BCUT2D eigenvalue weighted by Gasteiger charge is 2.73. The molecule has 0 bridgehead atoms. The maximum atomic E-state index is 16.0. The van der Waals surface area contributed by atoms with Gasteiger partial charge in [0.05, 0.1) is 57.7 Å². The van der Waals surface area contributed by atoms with Crippen molar-refractivity contribution in [3.8, 4) is 17.2 Å². The van der Waals surface area contributed by atoms with Crippen molar-refractivity contribution < 1.29 is 70.4 Å². The van der Waals surface area contributed by atoms with Crippen molar-refractivity contribution in [3.63, 3.8) is 0 Å². The quantitative estimate of drug-likeness (QED) is 0.0346. The summed E-state index contributed by atoms with van der Waals surface area (Å²) < 4.78 is 79.3. The SMILES string of the molecule is COC(=O)c1ccc([C@@H]2C[C@@H]3[C@H](N2)[C@@H](c2cccc(Cl)c2F)[C@@]2(C(=O)Nc4cc(Cl)ccc42)N3CC2CC2)cc1OC.COC(=O)c1ccc([C@H]2C[C@H]3[C@@H](N2)[C@H](c2cccc(Cl)c2F)[C@]2(C(=O)Nc4cc(Cl)ccc42)N3CC2CC2)cc1OC.COC(=O)c1ccc([C@H]2C[C@H]3[C@@H](N2)[C@H](c2cccc(Cl)c2F)[C@]2(C(=O)Nc4cc(Cl)ccc42)N3CC2CC2)cc1OC. The number of likely N-dealkylation sites (tertiary alicyclic amines) is 3. The van der Waals surface area contributed by atoms with Gasteiger partial charge in [-0.1, -0.05) is 142 Å². The Morgan fingerprint density at radius 2 is 0.643 bits per heavy atom. The summed E-state index contributed by atoms with van der Waals surface area (Å²) in [6, 6.07) is 46.3. The Hall–Kier alpha value is -9.51. The van der Waals surface area contributed by atoms with Gasteiger partial charge in [0.25, 0.3) is 0 Å². The average molecular weight is 1830 g/mol. The number of fused-ring (bicyclic) bond motifs is 9. The van der Waals surface area contributed by atoms with E-state index in [4.69, 9.17) is 98.0 Å². The molecule has 0 unspecified atom stereocenters. The second-order valence-electron chi connectivity index (χ2n) is 34.9. The molecule has 6 saturated heterocycles. The number of hydrogen-bond acceptors (Lipinski definition) is 18. The van der Waals surface area contributed by atoms with Gasteiger partial charge in [-0.15, -0.1) is 0 Å². The van der Waals surface area contributed by atoms with Crippen LogP contribution in [0.4, 0.5) is 30.2 Å². The third-order valence-electron chi connectivity index (χ3n) is 28.3. The Labute approximate surface area is 756 Å². The molecule has 15 atom stereocenters. The first-order chi connectivity index (χ1) is 60.8. The zero-order chi connectivity index (χ0) is 88.0. The standard InChI is InChI=1S/3C32H30Cl2FN3O4/c3*1-41-26-12-17(8-10-19(26)30(39)42-2)23-14-25-29(36-23)27(20-4-3-5-22(34)28(20)35)32(38(25)15-16-6-7-16)21-11-9-18(33)13-24(21)37-31(32)40/h3*3-5,8-13,16,23,25,27,29,36H,6-7,14-15H2,1-2H3,(H,37,40)/t3*23-,25+,27+,29-,32-/m110/s1. The Balaban J connectivity index is 0.000000123. The van der Waals surface area contributed by atoms with Crippen molar-refractivity contribution in [3.05, 3.63) is 278 Å². The number of amides is 3. The second kappa shape index (κ2) is 33.5. The number of halogens is 9. The topological polar surface area (TPSA) is 240 Å². The van der Waals surface area contributed by atoms with Crippen molar-refractivity contribution in [1.82, 2.24) is 30.7 Å². The molecule has 12 aliphatic rings. The molecule has 0 aromatic heterocycles. The molecular weight excluding hydrogens is 1740 g/mol. The van der Waals surface area contributed by atoms with Crippen LogP contribution in [0, 0.1) is 35.2 Å². The molecule has 3 spiro atoms. The molecule has 21 rings (SSSR count). The van der Waals surface area contributed by atoms with Crippen LogP contribution in [0.15, 0.2) is 164 Å². The smallest absolute Gasteiger partial charge is 0.341 e. The Morgan fingerprint density at radius 1 is 0.373 bits per heavy atom. The van der Waals surface area contributed by atoms with Gasteiger partial charge in [-0.2, -0.15) is 0 Å². The fourth-order valence-electron chi connectivity index (χ4n) is 22.5. The van der Waals surface area contributed by atoms with E-state index in [0.717, 1.165) is 71.9 Å². The largest absolute Gasteiger partial charge is 0.496 e. The molecule has 30 heteroatoms. The van der Waals surface area contributed by atoms with Gasteiger partial charge in [0, 0.05) is 141 Å². The van der Waals surface area contributed by atoms with Crippen molar-refractivity contribution in [2.24, 2.45) is 17.8 Å². The van der Waals surface area contributed by atoms with E-state index < -0.39 is 69.7 Å². The number of esters is 3. The van der Waals surface area contributed by atoms with Crippen molar-refractivity contribution in [1.29, 1.82) is 0 Å². The zero-order valence-electron chi connectivity index (χ0n) is 69.4. The maximum absolute atomic E-state index is 16.0. The highest BCUT2D eigenvalue weighted by atomic mass is 35.5. The summed E-state index contributed by atoms with van der Waals surface area (Å²) in [7, 11) is 8.55. The average Bonchev–Trinajstić information content (AvgIpc) is 1.52. The van der Waals surface area contributed by atoms with E-state index in [1.807, 2.05) is 54.6 Å². The summed E-state index contributed by atoms with van der Waals surface area (Å²) >= 11 is 38.1. The van der Waals surface area contributed by atoms with Crippen LogP contribution in [0.5, 0.6) is 17.2 Å². The zero-order valence-corrected chi connectivity index (χ0v) is 73.9. The van der Waals surface area contributed by atoms with Gasteiger partial charge in [-0.05, 0) is 200 Å². The minimum absolute atomic E-state index is 0.0206. The van der Waals surface area contributed by atoms with Gasteiger partial charge < -0.3 is 60.3 Å². The van der Waals surface area contributed by atoms with Crippen molar-refractivity contribution >= 4 is 122 Å². The molecule has 21 nitrogen and oxygen atoms in total. The molecule has 6 N–H and O–H groups in total. The fraction of sp³-hybridized carbons (Fsp3) is 0.375. The molecule has 9 aromatic carbocycles. The van der Waals surface area contributed by atoms with E-state index in [9.17, 15) is 28.8 Å². The van der Waals surface area contributed by atoms with Crippen LogP contribution in [0.2, 0.25) is 30.1 Å². The summed E-state index contributed by atoms with van der Waals surface area (Å²) in [5, 5.41) is 22.2. The number of carbonyl (C=O) groups excluding carboxylic acids is 6. The highest BCUT2D eigenvalue weighted by Crippen LogP contribution is 2.66. The van der Waals surface area contributed by atoms with E-state index in [-0.39, 0.29) is 87.2 Å². The number of carbonyl (C=O) groups is 6. The first kappa shape index (κ1) is 85.9. The highest BCUT2D eigenvalue weighted by molar-refractivity contribution is 6.33. The summed E-state index contributed by atoms with van der Waals surface area (Å²) in [4.78, 5) is 86.7. The van der Waals surface area contributed by atoms with E-state index in [1.54, 1.807) is 91.0 Å². The van der Waals surface area contributed by atoms with Crippen LogP contribution in [0.3, 0.4) is 0 Å².